The van der Waals surface area contributed by atoms with Crippen LogP contribution in [0.25, 0.3) is 11.0 Å². The Bertz CT molecular complexity index is 945. The van der Waals surface area contributed by atoms with Crippen LogP contribution in [-0.2, 0) is 6.42 Å². The van der Waals surface area contributed by atoms with Gasteiger partial charge >= 0.3 is 0 Å². The lowest BCUT2D eigenvalue weighted by Crippen LogP contribution is -2.37. The van der Waals surface area contributed by atoms with E-state index in [1.165, 1.54) is 4.88 Å². The number of carbonyl (C=O) groups is 1. The van der Waals surface area contributed by atoms with Crippen LogP contribution in [0.2, 0.25) is 0 Å². The molecule has 6 heteroatoms. The number of nitrogens with zero attached hydrogens (tertiary/aromatic N) is 2. The van der Waals surface area contributed by atoms with Crippen molar-refractivity contribution in [1.29, 1.82) is 0 Å². The zero-order valence-corrected chi connectivity index (χ0v) is 19.0. The van der Waals surface area contributed by atoms with Gasteiger partial charge in [0.25, 0.3) is 5.91 Å². The van der Waals surface area contributed by atoms with Crippen LogP contribution < -0.4 is 5.32 Å². The minimum Gasteiger partial charge on any atom is -0.394 e. The standard InChI is InChI=1S/C24H33N3O2S/c1-4-7-9-18(16-28)25-24(29)17-11-12-22-21(14-17)26-23(15-20-10-8-13-30-20)27(22)19(5-2)6-3/h8,10-14,18-19,28H,4-7,9,15-16H2,1-3H3,(H,25,29)/t18-/m0/s1. The highest BCUT2D eigenvalue weighted by Crippen LogP contribution is 2.28. The number of nitrogens with one attached hydrogen (secondary N) is 1. The van der Waals surface area contributed by atoms with Crippen molar-refractivity contribution >= 4 is 28.3 Å². The second-order valence-electron chi connectivity index (χ2n) is 7.82. The summed E-state index contributed by atoms with van der Waals surface area (Å²) in [6.07, 6.45) is 5.69. The molecule has 0 aliphatic carbocycles. The zero-order valence-electron chi connectivity index (χ0n) is 18.2. The van der Waals surface area contributed by atoms with Crippen LogP contribution in [0.3, 0.4) is 0 Å². The Balaban J connectivity index is 1.92. The number of amides is 1. The number of carbonyl (C=O) groups excluding carboxylic acids is 1. The number of hydrogen-bond acceptors (Lipinski definition) is 4. The van der Waals surface area contributed by atoms with Crippen molar-refractivity contribution < 1.29 is 9.90 Å². The number of imidazole rings is 1. The smallest absolute Gasteiger partial charge is 0.251 e. The molecule has 0 unspecified atom stereocenters. The summed E-state index contributed by atoms with van der Waals surface area (Å²) in [5, 5.41) is 14.6. The Morgan fingerprint density at radius 1 is 1.23 bits per heavy atom. The van der Waals surface area contributed by atoms with Gasteiger partial charge in [0.1, 0.15) is 5.82 Å². The first-order chi connectivity index (χ1) is 14.6. The average molecular weight is 428 g/mol. The molecule has 3 aromatic rings. The summed E-state index contributed by atoms with van der Waals surface area (Å²) in [7, 11) is 0. The maximum Gasteiger partial charge on any atom is 0.251 e. The molecular formula is C24H33N3O2S. The SMILES string of the molecule is CCCC[C@@H](CO)NC(=O)c1ccc2c(c1)nc(Cc1cccs1)n2C(CC)CC. The molecule has 1 atom stereocenters. The van der Waals surface area contributed by atoms with Gasteiger partial charge in [-0.25, -0.2) is 4.98 Å². The molecule has 1 aromatic carbocycles. The summed E-state index contributed by atoms with van der Waals surface area (Å²) in [5.41, 5.74) is 2.53. The van der Waals surface area contributed by atoms with Crippen LogP contribution in [0.4, 0.5) is 0 Å². The molecule has 5 nitrogen and oxygen atoms in total. The van der Waals surface area contributed by atoms with E-state index < -0.39 is 0 Å². The van der Waals surface area contributed by atoms with Crippen molar-refractivity contribution in [2.24, 2.45) is 0 Å². The number of aliphatic hydroxyl groups excluding tert-OH is 1. The van der Waals surface area contributed by atoms with Gasteiger partial charge in [0.2, 0.25) is 0 Å². The van der Waals surface area contributed by atoms with Crippen molar-refractivity contribution in [2.75, 3.05) is 6.61 Å². The van der Waals surface area contributed by atoms with Crippen molar-refractivity contribution in [3.63, 3.8) is 0 Å². The Hall–Kier alpha value is -2.18. The summed E-state index contributed by atoms with van der Waals surface area (Å²) in [6.45, 7) is 6.49. The van der Waals surface area contributed by atoms with Gasteiger partial charge in [0.15, 0.2) is 0 Å². The molecule has 2 aromatic heterocycles. The number of rotatable bonds is 11. The molecule has 162 valence electrons. The first-order valence-electron chi connectivity index (χ1n) is 11.1. The van der Waals surface area contributed by atoms with Gasteiger partial charge in [-0.2, -0.15) is 0 Å². The third-order valence-corrected chi connectivity index (χ3v) is 6.58. The van der Waals surface area contributed by atoms with Crippen LogP contribution in [0.15, 0.2) is 35.7 Å². The monoisotopic (exact) mass is 427 g/mol. The Morgan fingerprint density at radius 2 is 2.03 bits per heavy atom. The number of benzene rings is 1. The number of fused-ring (bicyclic) bond motifs is 1. The van der Waals surface area contributed by atoms with E-state index in [0.717, 1.165) is 55.4 Å². The molecule has 0 aliphatic rings. The van der Waals surface area contributed by atoms with Gasteiger partial charge in [-0.05, 0) is 48.9 Å². The van der Waals surface area contributed by atoms with Crippen molar-refractivity contribution in [3.8, 4) is 0 Å². The van der Waals surface area contributed by atoms with Crippen LogP contribution in [0.5, 0.6) is 0 Å². The lowest BCUT2D eigenvalue weighted by Gasteiger charge is -2.19. The van der Waals surface area contributed by atoms with Crippen molar-refractivity contribution in [1.82, 2.24) is 14.9 Å². The number of aromatic nitrogens is 2. The van der Waals surface area contributed by atoms with E-state index in [1.54, 1.807) is 11.3 Å². The molecule has 30 heavy (non-hydrogen) atoms. The predicted octanol–water partition coefficient (Wildman–Crippen LogP) is 5.33. The Morgan fingerprint density at radius 3 is 2.67 bits per heavy atom. The fourth-order valence-corrected chi connectivity index (χ4v) is 4.67. The molecule has 3 rings (SSSR count). The molecular weight excluding hydrogens is 394 g/mol. The minimum absolute atomic E-state index is 0.0394. The Labute approximate surface area is 183 Å². The van der Waals surface area contributed by atoms with Gasteiger partial charge in [0, 0.05) is 22.9 Å². The van der Waals surface area contributed by atoms with Crippen LogP contribution in [0, 0.1) is 0 Å². The molecule has 0 saturated carbocycles. The number of hydrogen-bond donors (Lipinski definition) is 2. The molecule has 0 saturated heterocycles. The van der Waals surface area contributed by atoms with E-state index in [-0.39, 0.29) is 18.6 Å². The maximum absolute atomic E-state index is 12.8. The highest BCUT2D eigenvalue weighted by Gasteiger charge is 2.19. The van der Waals surface area contributed by atoms with Gasteiger partial charge in [0.05, 0.1) is 23.7 Å². The predicted molar refractivity (Wildman–Crippen MR) is 124 cm³/mol. The summed E-state index contributed by atoms with van der Waals surface area (Å²) >= 11 is 1.75. The van der Waals surface area contributed by atoms with E-state index in [2.05, 4.69) is 48.2 Å². The lowest BCUT2D eigenvalue weighted by molar-refractivity contribution is 0.0912. The van der Waals surface area contributed by atoms with Crippen LogP contribution in [0.1, 0.15) is 80.0 Å². The largest absolute Gasteiger partial charge is 0.394 e. The summed E-state index contributed by atoms with van der Waals surface area (Å²) < 4.78 is 2.36. The molecule has 0 radical (unpaired) electrons. The fourth-order valence-electron chi connectivity index (χ4n) is 3.97. The number of aliphatic hydroxyl groups is 1. The van der Waals surface area contributed by atoms with Crippen molar-refractivity contribution in [2.45, 2.75) is 71.4 Å². The third-order valence-electron chi connectivity index (χ3n) is 5.71. The number of unbranched alkanes of at least 4 members (excludes halogenated alkanes) is 1. The van der Waals surface area contributed by atoms with E-state index in [4.69, 9.17) is 4.98 Å². The van der Waals surface area contributed by atoms with E-state index in [0.29, 0.717) is 11.6 Å². The molecule has 0 bridgehead atoms. The van der Waals surface area contributed by atoms with E-state index >= 15 is 0 Å². The van der Waals surface area contributed by atoms with Crippen LogP contribution >= 0.6 is 11.3 Å². The van der Waals surface area contributed by atoms with E-state index in [1.807, 2.05) is 18.2 Å². The van der Waals surface area contributed by atoms with Gasteiger partial charge in [-0.15, -0.1) is 11.3 Å². The summed E-state index contributed by atoms with van der Waals surface area (Å²) in [6, 6.07) is 10.2. The minimum atomic E-state index is -0.204. The molecule has 0 aliphatic heterocycles. The fraction of sp³-hybridized carbons (Fsp3) is 0.500. The molecule has 2 heterocycles. The average Bonchev–Trinajstić information content (AvgIpc) is 3.39. The second kappa shape index (κ2) is 10.7. The molecule has 0 fully saturated rings. The van der Waals surface area contributed by atoms with Gasteiger partial charge in [-0.3, -0.25) is 4.79 Å². The Kier molecular flexibility index (Phi) is 8.05. The first-order valence-corrected chi connectivity index (χ1v) is 11.9. The highest BCUT2D eigenvalue weighted by atomic mass is 32.1. The molecule has 1 amide bonds. The van der Waals surface area contributed by atoms with Gasteiger partial charge < -0.3 is 15.0 Å². The van der Waals surface area contributed by atoms with Gasteiger partial charge in [-0.1, -0.05) is 39.7 Å². The topological polar surface area (TPSA) is 67.2 Å². The van der Waals surface area contributed by atoms with Crippen molar-refractivity contribution in [3.05, 3.63) is 52.0 Å². The second-order valence-corrected chi connectivity index (χ2v) is 8.86. The van der Waals surface area contributed by atoms with E-state index in [9.17, 15) is 9.90 Å². The molecule has 2 N–H and O–H groups in total. The lowest BCUT2D eigenvalue weighted by atomic mass is 10.1. The third kappa shape index (κ3) is 5.10. The normalized spacial score (nSPS) is 12.6. The first kappa shape index (κ1) is 22.5. The quantitative estimate of drug-likeness (QED) is 0.435. The van der Waals surface area contributed by atoms with Crippen LogP contribution in [-0.4, -0.2) is 33.2 Å². The summed E-state index contributed by atoms with van der Waals surface area (Å²) in [5.74, 6) is 0.902. The maximum atomic E-state index is 12.8. The highest BCUT2D eigenvalue weighted by molar-refractivity contribution is 7.09. The number of thiophene rings is 1. The zero-order chi connectivity index (χ0) is 21.5. The summed E-state index contributed by atoms with van der Waals surface area (Å²) in [4.78, 5) is 19.0. The molecule has 0 spiro atoms.